The lowest BCUT2D eigenvalue weighted by atomic mass is 10.5. The Morgan fingerprint density at radius 1 is 1.50 bits per heavy atom. The van der Waals surface area contributed by atoms with Crippen LogP contribution >= 0.6 is 0 Å². The highest BCUT2D eigenvalue weighted by molar-refractivity contribution is 5.79. The van der Waals surface area contributed by atoms with E-state index in [1.54, 1.807) is 0 Å². The van der Waals surface area contributed by atoms with Crippen LogP contribution in [0.25, 0.3) is 0 Å². The monoisotopic (exact) mass is 184 g/mol. The molecule has 0 aromatic heterocycles. The molecule has 1 N–H and O–H groups in total. The Balaban J connectivity index is 3.40. The Labute approximate surface area is 66.4 Å². The van der Waals surface area contributed by atoms with Crippen molar-refractivity contribution in [2.24, 2.45) is 0 Å². The summed E-state index contributed by atoms with van der Waals surface area (Å²) in [6.45, 7) is -1.72. The lowest BCUT2D eigenvalue weighted by Gasteiger charge is -2.04. The van der Waals surface area contributed by atoms with E-state index in [4.69, 9.17) is 5.11 Å². The zero-order chi connectivity index (χ0) is 9.61. The molecular formula is C6H7F3O3. The molecule has 12 heavy (non-hydrogen) atoms. The molecule has 0 atom stereocenters. The number of alkyl halides is 3. The standard InChI is InChI=1S/C6H7F3O3/c7-6(8,9)4-12-3-1-2-5(10)11/h1-2H,3-4H2,(H,10,11). The van der Waals surface area contributed by atoms with Crippen LogP contribution < -0.4 is 0 Å². The van der Waals surface area contributed by atoms with E-state index in [1.807, 2.05) is 0 Å². The number of aliphatic carboxylic acids is 1. The van der Waals surface area contributed by atoms with Crippen LogP contribution in [0.15, 0.2) is 12.2 Å². The summed E-state index contributed by atoms with van der Waals surface area (Å²) < 4.78 is 38.2. The van der Waals surface area contributed by atoms with Crippen LogP contribution in [0.3, 0.4) is 0 Å². The maximum atomic E-state index is 11.4. The number of carboxylic acids is 1. The van der Waals surface area contributed by atoms with E-state index in [-0.39, 0.29) is 6.61 Å². The Morgan fingerprint density at radius 2 is 2.08 bits per heavy atom. The average molecular weight is 184 g/mol. The molecule has 0 aliphatic rings. The van der Waals surface area contributed by atoms with Gasteiger partial charge >= 0.3 is 12.1 Å². The molecule has 0 bridgehead atoms. The van der Waals surface area contributed by atoms with E-state index in [9.17, 15) is 18.0 Å². The maximum absolute atomic E-state index is 11.4. The predicted molar refractivity (Wildman–Crippen MR) is 33.6 cm³/mol. The lowest BCUT2D eigenvalue weighted by molar-refractivity contribution is -0.171. The number of carbonyl (C=O) groups is 1. The normalized spacial score (nSPS) is 12.2. The number of rotatable bonds is 4. The molecule has 0 fully saturated rings. The van der Waals surface area contributed by atoms with Crippen molar-refractivity contribution in [1.29, 1.82) is 0 Å². The van der Waals surface area contributed by atoms with Gasteiger partial charge in [-0.3, -0.25) is 0 Å². The summed E-state index contributed by atoms with van der Waals surface area (Å²) in [5, 5.41) is 8.01. The minimum atomic E-state index is -4.36. The van der Waals surface area contributed by atoms with Crippen LogP contribution in [-0.2, 0) is 9.53 Å². The van der Waals surface area contributed by atoms with Crippen molar-refractivity contribution in [2.45, 2.75) is 6.18 Å². The van der Waals surface area contributed by atoms with Crippen molar-refractivity contribution in [2.75, 3.05) is 13.2 Å². The van der Waals surface area contributed by atoms with Gasteiger partial charge in [-0.05, 0) is 0 Å². The summed E-state index contributed by atoms with van der Waals surface area (Å²) in [5.41, 5.74) is 0. The van der Waals surface area contributed by atoms with E-state index in [1.165, 1.54) is 0 Å². The largest absolute Gasteiger partial charge is 0.478 e. The predicted octanol–water partition coefficient (Wildman–Crippen LogP) is 1.21. The minimum Gasteiger partial charge on any atom is -0.478 e. The first kappa shape index (κ1) is 11.0. The molecule has 0 heterocycles. The molecule has 0 amide bonds. The van der Waals surface area contributed by atoms with Crippen molar-refractivity contribution in [3.8, 4) is 0 Å². The van der Waals surface area contributed by atoms with Crippen molar-refractivity contribution in [1.82, 2.24) is 0 Å². The summed E-state index contributed by atoms with van der Waals surface area (Å²) in [6.07, 6.45) is -2.65. The maximum Gasteiger partial charge on any atom is 0.411 e. The van der Waals surface area contributed by atoms with Crippen LogP contribution in [0.4, 0.5) is 13.2 Å². The third-order valence-corrected chi connectivity index (χ3v) is 0.740. The van der Waals surface area contributed by atoms with Crippen LogP contribution in [0, 0.1) is 0 Å². The fourth-order valence-electron chi connectivity index (χ4n) is 0.392. The topological polar surface area (TPSA) is 46.5 Å². The van der Waals surface area contributed by atoms with Gasteiger partial charge in [0, 0.05) is 6.08 Å². The molecule has 70 valence electrons. The summed E-state index contributed by atoms with van der Waals surface area (Å²) >= 11 is 0. The van der Waals surface area contributed by atoms with Crippen molar-refractivity contribution in [3.05, 3.63) is 12.2 Å². The second-order valence-electron chi connectivity index (χ2n) is 1.87. The molecule has 0 aromatic carbocycles. The summed E-state index contributed by atoms with van der Waals surface area (Å²) in [7, 11) is 0. The fraction of sp³-hybridized carbons (Fsp3) is 0.500. The Bertz CT molecular complexity index is 173. The van der Waals surface area contributed by atoms with Gasteiger partial charge in [0.25, 0.3) is 0 Å². The van der Waals surface area contributed by atoms with Gasteiger partial charge in [-0.2, -0.15) is 13.2 Å². The zero-order valence-corrected chi connectivity index (χ0v) is 5.97. The Kier molecular flexibility index (Phi) is 4.35. The number of carboxylic acid groups (broad SMARTS) is 1. The van der Waals surface area contributed by atoms with Gasteiger partial charge in [0.1, 0.15) is 6.61 Å². The van der Waals surface area contributed by atoms with E-state index >= 15 is 0 Å². The Morgan fingerprint density at radius 3 is 2.50 bits per heavy atom. The zero-order valence-electron chi connectivity index (χ0n) is 5.97. The molecule has 6 heteroatoms. The first-order valence-electron chi connectivity index (χ1n) is 2.96. The van der Waals surface area contributed by atoms with Gasteiger partial charge in [-0.15, -0.1) is 0 Å². The summed E-state index contributed by atoms with van der Waals surface area (Å²) in [5.74, 6) is -1.22. The van der Waals surface area contributed by atoms with E-state index in [0.29, 0.717) is 0 Å². The molecule has 0 aliphatic heterocycles. The average Bonchev–Trinajstić information content (AvgIpc) is 1.83. The molecule has 0 unspecified atom stereocenters. The molecular weight excluding hydrogens is 177 g/mol. The molecule has 0 saturated carbocycles. The van der Waals surface area contributed by atoms with Crippen LogP contribution in [0.5, 0.6) is 0 Å². The number of hydrogen-bond acceptors (Lipinski definition) is 2. The molecule has 0 rings (SSSR count). The molecule has 3 nitrogen and oxygen atoms in total. The second-order valence-corrected chi connectivity index (χ2v) is 1.87. The van der Waals surface area contributed by atoms with E-state index < -0.39 is 18.8 Å². The van der Waals surface area contributed by atoms with Gasteiger partial charge < -0.3 is 9.84 Å². The van der Waals surface area contributed by atoms with Crippen LogP contribution in [-0.4, -0.2) is 30.5 Å². The molecule has 0 radical (unpaired) electrons. The highest BCUT2D eigenvalue weighted by Gasteiger charge is 2.26. The third kappa shape index (κ3) is 8.96. The summed E-state index contributed by atoms with van der Waals surface area (Å²) in [4.78, 5) is 9.79. The second kappa shape index (κ2) is 4.76. The lowest BCUT2D eigenvalue weighted by Crippen LogP contribution is -2.16. The van der Waals surface area contributed by atoms with E-state index in [2.05, 4.69) is 4.74 Å². The highest BCUT2D eigenvalue weighted by Crippen LogP contribution is 2.13. The molecule has 0 spiro atoms. The minimum absolute atomic E-state index is 0.355. The van der Waals surface area contributed by atoms with Crippen molar-refractivity contribution >= 4 is 5.97 Å². The highest BCUT2D eigenvalue weighted by atomic mass is 19.4. The summed E-state index contributed by atoms with van der Waals surface area (Å²) in [6, 6.07) is 0. The smallest absolute Gasteiger partial charge is 0.411 e. The quantitative estimate of drug-likeness (QED) is 0.527. The number of halogens is 3. The fourth-order valence-corrected chi connectivity index (χ4v) is 0.392. The number of ether oxygens (including phenoxy) is 1. The SMILES string of the molecule is O=C(O)C=CCOCC(F)(F)F. The van der Waals surface area contributed by atoms with Crippen molar-refractivity contribution in [3.63, 3.8) is 0 Å². The first-order valence-corrected chi connectivity index (χ1v) is 2.96. The first-order chi connectivity index (χ1) is 5.42. The van der Waals surface area contributed by atoms with Crippen molar-refractivity contribution < 1.29 is 27.8 Å². The van der Waals surface area contributed by atoms with Crippen LogP contribution in [0.2, 0.25) is 0 Å². The van der Waals surface area contributed by atoms with Gasteiger partial charge in [0.2, 0.25) is 0 Å². The molecule has 0 aromatic rings. The molecule has 0 aliphatic carbocycles. The van der Waals surface area contributed by atoms with Gasteiger partial charge in [-0.25, -0.2) is 4.79 Å². The van der Waals surface area contributed by atoms with Gasteiger partial charge in [-0.1, -0.05) is 6.08 Å². The molecule has 0 saturated heterocycles. The Hall–Kier alpha value is -1.04. The number of hydrogen-bond donors (Lipinski definition) is 1. The van der Waals surface area contributed by atoms with Gasteiger partial charge in [0.05, 0.1) is 6.61 Å². The van der Waals surface area contributed by atoms with Gasteiger partial charge in [0.15, 0.2) is 0 Å². The van der Waals surface area contributed by atoms with E-state index in [0.717, 1.165) is 12.2 Å². The third-order valence-electron chi connectivity index (χ3n) is 0.740. The van der Waals surface area contributed by atoms with Crippen LogP contribution in [0.1, 0.15) is 0 Å².